The van der Waals surface area contributed by atoms with Crippen LogP contribution >= 0.6 is 12.4 Å². The van der Waals surface area contributed by atoms with Crippen molar-refractivity contribution in [1.82, 2.24) is 0 Å². The normalized spacial score (nSPS) is 17.7. The van der Waals surface area contributed by atoms with E-state index in [4.69, 9.17) is 11.5 Å². The Labute approximate surface area is 125 Å². The van der Waals surface area contributed by atoms with Gasteiger partial charge in [0.25, 0.3) is 0 Å². The van der Waals surface area contributed by atoms with Crippen molar-refractivity contribution in [2.45, 2.75) is 25.7 Å². The van der Waals surface area contributed by atoms with Gasteiger partial charge in [0.2, 0.25) is 11.9 Å². The van der Waals surface area contributed by atoms with Crippen LogP contribution in [0.3, 0.4) is 0 Å². The molecule has 0 radical (unpaired) electrons. The molecule has 0 aliphatic carbocycles. The van der Waals surface area contributed by atoms with E-state index in [2.05, 4.69) is 9.98 Å². The third kappa shape index (κ3) is 3.38. The first-order valence-corrected chi connectivity index (χ1v) is 5.78. The fourth-order valence-corrected chi connectivity index (χ4v) is 2.07. The molecule has 1 aromatic rings. The van der Waals surface area contributed by atoms with Gasteiger partial charge in [0.1, 0.15) is 5.66 Å². The molecule has 0 atom stereocenters. The van der Waals surface area contributed by atoms with Crippen LogP contribution in [0.2, 0.25) is 0 Å². The average molecular weight is 322 g/mol. The summed E-state index contributed by atoms with van der Waals surface area (Å²) in [5, 5.41) is 0. The Balaban J connectivity index is 0.00000220. The zero-order valence-corrected chi connectivity index (χ0v) is 12.2. The molecule has 0 saturated heterocycles. The van der Waals surface area contributed by atoms with E-state index >= 15 is 0 Å². The molecular weight excluding hydrogens is 307 g/mol. The zero-order chi connectivity index (χ0) is 15.1. The number of halogens is 4. The molecule has 4 N–H and O–H groups in total. The second-order valence-electron chi connectivity index (χ2n) is 4.82. The molecule has 0 spiro atoms. The van der Waals surface area contributed by atoms with Gasteiger partial charge in [-0.2, -0.15) is 18.2 Å². The summed E-state index contributed by atoms with van der Waals surface area (Å²) < 4.78 is 38.3. The molecule has 0 aromatic heterocycles. The SMILES string of the molecule is CC1(C)N=C(N)N=C(N)N1c1cccc(C(F)(F)F)c1.Cl. The highest BCUT2D eigenvalue weighted by molar-refractivity contribution is 6.05. The third-order valence-corrected chi connectivity index (χ3v) is 2.83. The molecule has 2 rings (SSSR count). The second kappa shape index (κ2) is 5.44. The zero-order valence-electron chi connectivity index (χ0n) is 11.3. The predicted molar refractivity (Wildman–Crippen MR) is 78.5 cm³/mol. The van der Waals surface area contributed by atoms with E-state index in [9.17, 15) is 13.2 Å². The van der Waals surface area contributed by atoms with Gasteiger partial charge in [-0.15, -0.1) is 12.4 Å². The molecule has 0 bridgehead atoms. The summed E-state index contributed by atoms with van der Waals surface area (Å²) in [6.45, 7) is 3.36. The van der Waals surface area contributed by atoms with E-state index in [1.807, 2.05) is 0 Å². The number of benzene rings is 1. The van der Waals surface area contributed by atoms with Crippen molar-refractivity contribution in [2.75, 3.05) is 4.90 Å². The lowest BCUT2D eigenvalue weighted by molar-refractivity contribution is -0.137. The molecule has 5 nitrogen and oxygen atoms in total. The van der Waals surface area contributed by atoms with Gasteiger partial charge in [0, 0.05) is 5.69 Å². The van der Waals surface area contributed by atoms with Gasteiger partial charge in [-0.05, 0) is 32.0 Å². The van der Waals surface area contributed by atoms with E-state index in [-0.39, 0.29) is 30.0 Å². The number of hydrogen-bond acceptors (Lipinski definition) is 5. The monoisotopic (exact) mass is 321 g/mol. The fraction of sp³-hybridized carbons (Fsp3) is 0.333. The predicted octanol–water partition coefficient (Wildman–Crippen LogP) is 2.31. The number of nitrogens with zero attached hydrogens (tertiary/aromatic N) is 3. The van der Waals surface area contributed by atoms with Gasteiger partial charge < -0.3 is 11.5 Å². The lowest BCUT2D eigenvalue weighted by Crippen LogP contribution is -2.54. The number of guanidine groups is 2. The summed E-state index contributed by atoms with van der Waals surface area (Å²) in [5.74, 6) is -0.00227. The van der Waals surface area contributed by atoms with Gasteiger partial charge in [0.05, 0.1) is 5.56 Å². The summed E-state index contributed by atoms with van der Waals surface area (Å²) >= 11 is 0. The van der Waals surface area contributed by atoms with Crippen molar-refractivity contribution in [3.05, 3.63) is 29.8 Å². The minimum atomic E-state index is -4.43. The van der Waals surface area contributed by atoms with Crippen molar-refractivity contribution in [3.8, 4) is 0 Å². The first-order chi connectivity index (χ1) is 9.11. The Hall–Kier alpha value is -1.96. The molecule has 0 amide bonds. The molecular formula is C12H15ClF3N5. The van der Waals surface area contributed by atoms with Crippen LogP contribution in [-0.2, 0) is 6.18 Å². The minimum Gasteiger partial charge on any atom is -0.369 e. The van der Waals surface area contributed by atoms with Gasteiger partial charge >= 0.3 is 6.18 Å². The minimum absolute atomic E-state index is 0. The summed E-state index contributed by atoms with van der Waals surface area (Å²) in [6, 6.07) is 4.81. The average Bonchev–Trinajstić information content (AvgIpc) is 2.25. The summed E-state index contributed by atoms with van der Waals surface area (Å²) in [6.07, 6.45) is -4.43. The van der Waals surface area contributed by atoms with Crippen LogP contribution in [0.4, 0.5) is 18.9 Å². The summed E-state index contributed by atoms with van der Waals surface area (Å²) in [7, 11) is 0. The van der Waals surface area contributed by atoms with Crippen molar-refractivity contribution >= 4 is 30.0 Å². The number of hydrogen-bond donors (Lipinski definition) is 2. The molecule has 0 unspecified atom stereocenters. The summed E-state index contributed by atoms with van der Waals surface area (Å²) in [5.41, 5.74) is 9.86. The molecule has 116 valence electrons. The Kier molecular flexibility index (Phi) is 4.43. The van der Waals surface area contributed by atoms with Gasteiger partial charge in [-0.1, -0.05) is 6.07 Å². The molecule has 9 heteroatoms. The third-order valence-electron chi connectivity index (χ3n) is 2.83. The van der Waals surface area contributed by atoms with Crippen LogP contribution in [0.1, 0.15) is 19.4 Å². The van der Waals surface area contributed by atoms with Gasteiger partial charge in [-0.3, -0.25) is 4.90 Å². The van der Waals surface area contributed by atoms with E-state index < -0.39 is 17.4 Å². The molecule has 1 aromatic carbocycles. The van der Waals surface area contributed by atoms with Gasteiger partial charge in [0.15, 0.2) is 0 Å². The molecule has 1 heterocycles. The number of aliphatic imine (C=N–C) groups is 2. The standard InChI is InChI=1S/C12H14F3N5.ClH/c1-11(2)19-9(16)18-10(17)20(11)8-5-3-4-7(6-8)12(13,14)15;/h3-6H,1-2H3,(H4,16,17,18,19);1H. The van der Waals surface area contributed by atoms with Crippen LogP contribution < -0.4 is 16.4 Å². The van der Waals surface area contributed by atoms with Gasteiger partial charge in [-0.25, -0.2) is 4.99 Å². The van der Waals surface area contributed by atoms with Crippen LogP contribution in [-0.4, -0.2) is 17.6 Å². The van der Waals surface area contributed by atoms with Crippen LogP contribution in [0.5, 0.6) is 0 Å². The number of rotatable bonds is 1. The highest BCUT2D eigenvalue weighted by atomic mass is 35.5. The maximum absolute atomic E-state index is 12.8. The Morgan fingerprint density at radius 3 is 2.33 bits per heavy atom. The highest BCUT2D eigenvalue weighted by Crippen LogP contribution is 2.34. The molecule has 0 saturated carbocycles. The summed E-state index contributed by atoms with van der Waals surface area (Å²) in [4.78, 5) is 9.28. The second-order valence-corrected chi connectivity index (χ2v) is 4.82. The van der Waals surface area contributed by atoms with E-state index in [1.54, 1.807) is 13.8 Å². The Morgan fingerprint density at radius 2 is 1.81 bits per heavy atom. The fourth-order valence-electron chi connectivity index (χ4n) is 2.07. The first kappa shape index (κ1) is 17.1. The smallest absolute Gasteiger partial charge is 0.369 e. The van der Waals surface area contributed by atoms with E-state index in [1.165, 1.54) is 17.0 Å². The van der Waals surface area contributed by atoms with Crippen molar-refractivity contribution in [2.24, 2.45) is 21.5 Å². The molecule has 0 fully saturated rings. The number of alkyl halides is 3. The maximum Gasteiger partial charge on any atom is 0.416 e. The Morgan fingerprint density at radius 1 is 1.19 bits per heavy atom. The molecule has 1 aliphatic heterocycles. The highest BCUT2D eigenvalue weighted by Gasteiger charge is 2.35. The van der Waals surface area contributed by atoms with Crippen LogP contribution in [0.25, 0.3) is 0 Å². The van der Waals surface area contributed by atoms with Crippen LogP contribution in [0.15, 0.2) is 34.3 Å². The number of anilines is 1. The Bertz CT molecular complexity index is 595. The lowest BCUT2D eigenvalue weighted by atomic mass is 10.1. The quantitative estimate of drug-likeness (QED) is 0.833. The largest absolute Gasteiger partial charge is 0.416 e. The van der Waals surface area contributed by atoms with Crippen molar-refractivity contribution in [3.63, 3.8) is 0 Å². The van der Waals surface area contributed by atoms with Crippen molar-refractivity contribution in [1.29, 1.82) is 0 Å². The topological polar surface area (TPSA) is 80.0 Å². The lowest BCUT2D eigenvalue weighted by Gasteiger charge is -2.38. The van der Waals surface area contributed by atoms with E-state index in [0.29, 0.717) is 0 Å². The first-order valence-electron chi connectivity index (χ1n) is 5.78. The molecule has 1 aliphatic rings. The number of nitrogens with two attached hydrogens (primary N) is 2. The van der Waals surface area contributed by atoms with E-state index in [0.717, 1.165) is 12.1 Å². The maximum atomic E-state index is 12.8. The molecule has 21 heavy (non-hydrogen) atoms. The van der Waals surface area contributed by atoms with Crippen molar-refractivity contribution < 1.29 is 13.2 Å². The van der Waals surface area contributed by atoms with Crippen LogP contribution in [0, 0.1) is 0 Å².